The second kappa shape index (κ2) is 11.5. The van der Waals surface area contributed by atoms with Gasteiger partial charge in [0, 0.05) is 18.3 Å². The molecule has 1 aromatic rings. The zero-order chi connectivity index (χ0) is 17.7. The van der Waals surface area contributed by atoms with Gasteiger partial charge in [-0.05, 0) is 19.4 Å². The molecule has 0 aromatic heterocycles. The number of halogens is 2. The molecule has 1 aliphatic heterocycles. The Kier molecular flexibility index (Phi) is 11.8. The van der Waals surface area contributed by atoms with Crippen molar-refractivity contribution in [2.24, 2.45) is 0 Å². The summed E-state index contributed by atoms with van der Waals surface area (Å²) in [4.78, 5) is 0. The summed E-state index contributed by atoms with van der Waals surface area (Å²) >= 11 is 0. The van der Waals surface area contributed by atoms with Crippen LogP contribution in [0.15, 0.2) is 30.3 Å². The van der Waals surface area contributed by atoms with Gasteiger partial charge in [0.15, 0.2) is 0 Å². The van der Waals surface area contributed by atoms with Gasteiger partial charge in [-0.3, -0.25) is 0 Å². The minimum atomic E-state index is 0. The summed E-state index contributed by atoms with van der Waals surface area (Å²) in [7, 11) is 7.03. The van der Waals surface area contributed by atoms with Crippen LogP contribution in [-0.4, -0.2) is 76.0 Å². The molecule has 5 heteroatoms. The number of likely N-dealkylation sites (N-methyl/N-ethyl adjacent to an activating group) is 1. The third-order valence-corrected chi connectivity index (χ3v) is 6.46. The minimum absolute atomic E-state index is 0. The summed E-state index contributed by atoms with van der Waals surface area (Å²) in [5.74, 6) is 0. The van der Waals surface area contributed by atoms with Crippen LogP contribution >= 0.6 is 0 Å². The predicted molar refractivity (Wildman–Crippen MR) is 102 cm³/mol. The summed E-state index contributed by atoms with van der Waals surface area (Å²) in [5, 5.41) is 0. The van der Waals surface area contributed by atoms with Crippen molar-refractivity contribution in [1.82, 2.24) is 0 Å². The van der Waals surface area contributed by atoms with E-state index >= 15 is 0 Å². The van der Waals surface area contributed by atoms with E-state index in [1.165, 1.54) is 44.6 Å². The number of benzene rings is 1. The van der Waals surface area contributed by atoms with E-state index < -0.39 is 0 Å². The van der Waals surface area contributed by atoms with Gasteiger partial charge in [0.1, 0.15) is 6.54 Å². The maximum Gasteiger partial charge on any atom is 0.102 e. The van der Waals surface area contributed by atoms with Gasteiger partial charge in [-0.2, -0.15) is 0 Å². The Morgan fingerprint density at radius 2 is 1.54 bits per heavy atom. The standard InChI is InChI=1S/C21H38N2O.2HI/c1-6-23(5,7-2)17-18-24-19-21(20-11-9-8-10-12-20)13-15-22(3,4)16-14-21;;/h8-12H,6-7,13-19H2,1-5H3;2*1H/q+2;;/p-2. The Morgan fingerprint density at radius 1 is 1.00 bits per heavy atom. The van der Waals surface area contributed by atoms with E-state index in [4.69, 9.17) is 4.74 Å². The van der Waals surface area contributed by atoms with Gasteiger partial charge < -0.3 is 61.7 Å². The molecule has 0 unspecified atom stereocenters. The van der Waals surface area contributed by atoms with Gasteiger partial charge in [-0.25, -0.2) is 0 Å². The Balaban J connectivity index is 0.00000312. The fraction of sp³-hybridized carbons (Fsp3) is 0.714. The van der Waals surface area contributed by atoms with Crippen LogP contribution in [0.2, 0.25) is 0 Å². The average molecular weight is 588 g/mol. The molecule has 0 atom stereocenters. The third-order valence-electron chi connectivity index (χ3n) is 6.46. The summed E-state index contributed by atoms with van der Waals surface area (Å²) in [6, 6.07) is 11.1. The van der Waals surface area contributed by atoms with Crippen LogP contribution in [0.1, 0.15) is 32.3 Å². The first kappa shape index (κ1) is 26.6. The molecule has 3 nitrogen and oxygen atoms in total. The summed E-state index contributed by atoms with van der Waals surface area (Å²) in [6.45, 7) is 12.2. The summed E-state index contributed by atoms with van der Waals surface area (Å²) in [5.41, 5.74) is 1.67. The first-order chi connectivity index (χ1) is 11.3. The largest absolute Gasteiger partial charge is 1.00 e. The zero-order valence-corrected chi connectivity index (χ0v) is 21.6. The molecule has 0 N–H and O–H groups in total. The lowest BCUT2D eigenvalue weighted by atomic mass is 9.73. The Labute approximate surface area is 195 Å². The highest BCUT2D eigenvalue weighted by atomic mass is 127. The molecule has 0 saturated carbocycles. The zero-order valence-electron chi connectivity index (χ0n) is 17.3. The van der Waals surface area contributed by atoms with E-state index in [9.17, 15) is 0 Å². The number of hydrogen-bond donors (Lipinski definition) is 0. The van der Waals surface area contributed by atoms with Gasteiger partial charge >= 0.3 is 0 Å². The molecule has 2 rings (SSSR count). The molecular weight excluding hydrogens is 550 g/mol. The smallest absolute Gasteiger partial charge is 0.102 e. The van der Waals surface area contributed by atoms with Gasteiger partial charge in [0.2, 0.25) is 0 Å². The van der Waals surface area contributed by atoms with Crippen molar-refractivity contribution in [2.45, 2.75) is 32.1 Å². The van der Waals surface area contributed by atoms with Crippen molar-refractivity contribution >= 4 is 0 Å². The highest BCUT2D eigenvalue weighted by Gasteiger charge is 2.40. The van der Waals surface area contributed by atoms with Crippen LogP contribution in [0, 0.1) is 0 Å². The monoisotopic (exact) mass is 588 g/mol. The Hall–Kier alpha value is 0.560. The Bertz CT molecular complexity index is 494. The third kappa shape index (κ3) is 7.18. The lowest BCUT2D eigenvalue weighted by Crippen LogP contribution is -3.00. The number of hydrogen-bond acceptors (Lipinski definition) is 1. The highest BCUT2D eigenvalue weighted by Crippen LogP contribution is 2.37. The summed E-state index contributed by atoms with van der Waals surface area (Å²) < 4.78 is 8.51. The van der Waals surface area contributed by atoms with Crippen molar-refractivity contribution in [2.75, 3.05) is 67.1 Å². The average Bonchev–Trinajstić information content (AvgIpc) is 2.61. The van der Waals surface area contributed by atoms with E-state index in [0.717, 1.165) is 28.7 Å². The summed E-state index contributed by atoms with van der Waals surface area (Å²) in [6.07, 6.45) is 2.44. The minimum Gasteiger partial charge on any atom is -1.00 e. The Morgan fingerprint density at radius 3 is 2.04 bits per heavy atom. The maximum absolute atomic E-state index is 6.28. The first-order valence-electron chi connectivity index (χ1n) is 9.64. The molecular formula is C21H38I2N2O. The topological polar surface area (TPSA) is 9.23 Å². The van der Waals surface area contributed by atoms with Crippen LogP contribution < -0.4 is 48.0 Å². The maximum atomic E-state index is 6.28. The van der Waals surface area contributed by atoms with E-state index in [2.05, 4.69) is 65.3 Å². The predicted octanol–water partition coefficient (Wildman–Crippen LogP) is -2.69. The molecule has 26 heavy (non-hydrogen) atoms. The number of piperidine rings is 1. The van der Waals surface area contributed by atoms with E-state index in [-0.39, 0.29) is 53.4 Å². The van der Waals surface area contributed by atoms with Crippen molar-refractivity contribution in [3.05, 3.63) is 35.9 Å². The van der Waals surface area contributed by atoms with Crippen molar-refractivity contribution in [1.29, 1.82) is 0 Å². The molecule has 0 bridgehead atoms. The van der Waals surface area contributed by atoms with E-state index in [0.29, 0.717) is 0 Å². The molecule has 0 aliphatic carbocycles. The van der Waals surface area contributed by atoms with Crippen LogP contribution in [-0.2, 0) is 10.2 Å². The quantitative estimate of drug-likeness (QED) is 0.183. The molecule has 0 amide bonds. The number of likely N-dealkylation sites (tertiary alicyclic amines) is 1. The van der Waals surface area contributed by atoms with Crippen molar-refractivity contribution in [3.63, 3.8) is 0 Å². The first-order valence-corrected chi connectivity index (χ1v) is 9.64. The molecule has 1 saturated heterocycles. The number of rotatable bonds is 8. The van der Waals surface area contributed by atoms with Crippen LogP contribution in [0.5, 0.6) is 0 Å². The number of ether oxygens (including phenoxy) is 1. The van der Waals surface area contributed by atoms with Crippen LogP contribution in [0.25, 0.3) is 0 Å². The molecule has 1 heterocycles. The van der Waals surface area contributed by atoms with Crippen molar-refractivity contribution < 1.29 is 61.7 Å². The van der Waals surface area contributed by atoms with Gasteiger partial charge in [0.25, 0.3) is 0 Å². The van der Waals surface area contributed by atoms with Crippen LogP contribution in [0.4, 0.5) is 0 Å². The number of quaternary nitrogens is 2. The second-order valence-electron chi connectivity index (χ2n) is 8.56. The second-order valence-corrected chi connectivity index (χ2v) is 8.56. The van der Waals surface area contributed by atoms with Crippen LogP contribution in [0.3, 0.4) is 0 Å². The molecule has 0 radical (unpaired) electrons. The van der Waals surface area contributed by atoms with E-state index in [1.54, 1.807) is 0 Å². The molecule has 0 spiro atoms. The lowest BCUT2D eigenvalue weighted by Gasteiger charge is -2.45. The molecule has 1 fully saturated rings. The molecule has 1 aliphatic rings. The van der Waals surface area contributed by atoms with Gasteiger partial charge in [0.05, 0.1) is 60.5 Å². The lowest BCUT2D eigenvalue weighted by molar-refractivity contribution is -0.906. The highest BCUT2D eigenvalue weighted by molar-refractivity contribution is 5.26. The SMILES string of the molecule is CC[N+](C)(CC)CCOCC1(c2ccccc2)CC[N+](C)(C)CC1.[I-].[I-]. The molecule has 1 aromatic carbocycles. The van der Waals surface area contributed by atoms with Gasteiger partial charge in [-0.1, -0.05) is 30.3 Å². The molecule has 152 valence electrons. The van der Waals surface area contributed by atoms with Crippen molar-refractivity contribution in [3.8, 4) is 0 Å². The fourth-order valence-corrected chi connectivity index (χ4v) is 3.67. The normalized spacial score (nSPS) is 18.5. The van der Waals surface area contributed by atoms with Gasteiger partial charge in [-0.15, -0.1) is 0 Å². The fourth-order valence-electron chi connectivity index (χ4n) is 3.67. The van der Waals surface area contributed by atoms with E-state index in [1.807, 2.05) is 0 Å². The number of nitrogens with zero attached hydrogens (tertiary/aromatic N) is 2.